The SMILES string of the molecule is CC1/C=C\c2ccccc2CN=Cc2ccccc2/C=C\C=C1c1ccccc1. The number of rotatable bonds is 1. The molecule has 3 aromatic rings. The molecule has 0 aliphatic carbocycles. The van der Waals surface area contributed by atoms with Crippen LogP contribution in [-0.4, -0.2) is 6.21 Å². The second-order valence-corrected chi connectivity index (χ2v) is 7.29. The molecule has 1 unspecified atom stereocenters. The lowest BCUT2D eigenvalue weighted by Crippen LogP contribution is -1.96. The Morgan fingerprint density at radius 1 is 0.724 bits per heavy atom. The molecule has 1 nitrogen and oxygen atoms in total. The van der Waals surface area contributed by atoms with Gasteiger partial charge in [0.05, 0.1) is 6.54 Å². The third-order valence-corrected chi connectivity index (χ3v) is 5.26. The van der Waals surface area contributed by atoms with Gasteiger partial charge in [0.25, 0.3) is 0 Å². The molecule has 0 saturated carbocycles. The zero-order chi connectivity index (χ0) is 19.9. The Bertz CT molecular complexity index is 1080. The van der Waals surface area contributed by atoms with E-state index in [4.69, 9.17) is 4.99 Å². The third-order valence-electron chi connectivity index (χ3n) is 5.26. The van der Waals surface area contributed by atoms with Gasteiger partial charge in [-0.05, 0) is 39.3 Å². The highest BCUT2D eigenvalue weighted by Crippen LogP contribution is 2.26. The van der Waals surface area contributed by atoms with E-state index in [9.17, 15) is 0 Å². The molecule has 0 fully saturated rings. The maximum absolute atomic E-state index is 4.71. The van der Waals surface area contributed by atoms with Gasteiger partial charge in [0.15, 0.2) is 0 Å². The smallest absolute Gasteiger partial charge is 0.0645 e. The molecule has 0 N–H and O–H groups in total. The summed E-state index contributed by atoms with van der Waals surface area (Å²) < 4.78 is 0. The number of hydrogen-bond acceptors (Lipinski definition) is 1. The zero-order valence-electron chi connectivity index (χ0n) is 16.7. The van der Waals surface area contributed by atoms with Crippen molar-refractivity contribution in [3.63, 3.8) is 0 Å². The second-order valence-electron chi connectivity index (χ2n) is 7.29. The van der Waals surface area contributed by atoms with Gasteiger partial charge in [-0.3, -0.25) is 4.99 Å². The first-order valence-corrected chi connectivity index (χ1v) is 10.1. The topological polar surface area (TPSA) is 12.4 Å². The van der Waals surface area contributed by atoms with E-state index in [1.54, 1.807) is 0 Å². The van der Waals surface area contributed by atoms with Crippen molar-refractivity contribution in [2.45, 2.75) is 13.5 Å². The van der Waals surface area contributed by atoms with Gasteiger partial charge in [0.2, 0.25) is 0 Å². The fourth-order valence-electron chi connectivity index (χ4n) is 3.61. The summed E-state index contributed by atoms with van der Waals surface area (Å²) >= 11 is 0. The lowest BCUT2D eigenvalue weighted by atomic mass is 9.92. The molecule has 0 radical (unpaired) electrons. The number of aliphatic imine (C=N–C) groups is 1. The van der Waals surface area contributed by atoms with Gasteiger partial charge < -0.3 is 0 Å². The molecule has 1 aliphatic rings. The van der Waals surface area contributed by atoms with Crippen LogP contribution in [0.2, 0.25) is 0 Å². The predicted molar refractivity (Wildman–Crippen MR) is 126 cm³/mol. The maximum Gasteiger partial charge on any atom is 0.0645 e. The molecule has 1 aliphatic heterocycles. The molecule has 1 heteroatoms. The van der Waals surface area contributed by atoms with Crippen molar-refractivity contribution >= 4 is 23.9 Å². The number of fused-ring (bicyclic) bond motifs is 2. The van der Waals surface area contributed by atoms with E-state index in [-0.39, 0.29) is 5.92 Å². The second kappa shape index (κ2) is 9.16. The van der Waals surface area contributed by atoms with Crippen molar-refractivity contribution in [1.29, 1.82) is 0 Å². The fourth-order valence-corrected chi connectivity index (χ4v) is 3.61. The van der Waals surface area contributed by atoms with E-state index in [1.807, 2.05) is 6.21 Å². The fraction of sp³-hybridized carbons (Fsp3) is 0.107. The van der Waals surface area contributed by atoms with E-state index >= 15 is 0 Å². The first kappa shape index (κ1) is 18.9. The maximum atomic E-state index is 4.71. The van der Waals surface area contributed by atoms with Crippen LogP contribution < -0.4 is 0 Å². The molecule has 142 valence electrons. The van der Waals surface area contributed by atoms with Gasteiger partial charge in [-0.25, -0.2) is 0 Å². The lowest BCUT2D eigenvalue weighted by Gasteiger charge is -2.13. The van der Waals surface area contributed by atoms with Crippen LogP contribution in [0.3, 0.4) is 0 Å². The van der Waals surface area contributed by atoms with Crippen molar-refractivity contribution in [2.75, 3.05) is 0 Å². The van der Waals surface area contributed by atoms with Gasteiger partial charge in [0, 0.05) is 6.21 Å². The summed E-state index contributed by atoms with van der Waals surface area (Å²) in [7, 11) is 0. The first-order chi connectivity index (χ1) is 14.3. The average molecular weight is 376 g/mol. The van der Waals surface area contributed by atoms with E-state index in [0.29, 0.717) is 6.54 Å². The van der Waals surface area contributed by atoms with Crippen LogP contribution in [-0.2, 0) is 6.54 Å². The predicted octanol–water partition coefficient (Wildman–Crippen LogP) is 7.07. The average Bonchev–Trinajstić information content (AvgIpc) is 2.77. The van der Waals surface area contributed by atoms with Crippen molar-refractivity contribution < 1.29 is 0 Å². The normalized spacial score (nSPS) is 18.7. The van der Waals surface area contributed by atoms with Gasteiger partial charge in [0.1, 0.15) is 0 Å². The largest absolute Gasteiger partial charge is 0.288 e. The van der Waals surface area contributed by atoms with Gasteiger partial charge in [-0.1, -0.05) is 116 Å². The summed E-state index contributed by atoms with van der Waals surface area (Å²) in [5.74, 6) is 0.289. The zero-order valence-corrected chi connectivity index (χ0v) is 16.7. The van der Waals surface area contributed by atoms with E-state index < -0.39 is 0 Å². The minimum Gasteiger partial charge on any atom is -0.288 e. The van der Waals surface area contributed by atoms with E-state index in [0.717, 1.165) is 5.56 Å². The molecule has 1 atom stereocenters. The van der Waals surface area contributed by atoms with Crippen LogP contribution in [0.25, 0.3) is 17.7 Å². The minimum absolute atomic E-state index is 0.289. The summed E-state index contributed by atoms with van der Waals surface area (Å²) in [6.45, 7) is 2.93. The van der Waals surface area contributed by atoms with Crippen LogP contribution in [0.1, 0.15) is 34.7 Å². The molecular formula is C28H25N. The summed E-state index contributed by atoms with van der Waals surface area (Å²) in [4.78, 5) is 4.71. The van der Waals surface area contributed by atoms with Crippen LogP contribution in [0.4, 0.5) is 0 Å². The summed E-state index contributed by atoms with van der Waals surface area (Å²) in [6, 6.07) is 27.5. The first-order valence-electron chi connectivity index (χ1n) is 10.1. The minimum atomic E-state index is 0.289. The summed E-state index contributed by atoms with van der Waals surface area (Å²) in [5.41, 5.74) is 7.33. The highest BCUT2D eigenvalue weighted by Gasteiger charge is 2.08. The van der Waals surface area contributed by atoms with E-state index in [1.165, 1.54) is 27.8 Å². The molecule has 29 heavy (non-hydrogen) atoms. The number of nitrogens with zero attached hydrogens (tertiary/aromatic N) is 1. The van der Waals surface area contributed by atoms with Crippen LogP contribution in [0, 0.1) is 5.92 Å². The Hall–Kier alpha value is -3.45. The Labute approximate surface area is 173 Å². The molecule has 0 spiro atoms. The quantitative estimate of drug-likeness (QED) is 0.431. The van der Waals surface area contributed by atoms with Crippen molar-refractivity contribution in [2.24, 2.45) is 10.9 Å². The van der Waals surface area contributed by atoms with Gasteiger partial charge in [-0.2, -0.15) is 0 Å². The molecule has 0 amide bonds. The Morgan fingerprint density at radius 2 is 1.41 bits per heavy atom. The molecule has 3 aromatic carbocycles. The van der Waals surface area contributed by atoms with Crippen LogP contribution in [0.15, 0.2) is 102 Å². The van der Waals surface area contributed by atoms with E-state index in [2.05, 4.69) is 116 Å². The highest BCUT2D eigenvalue weighted by atomic mass is 14.7. The molecule has 0 aromatic heterocycles. The third kappa shape index (κ3) is 4.70. The number of allylic oxidation sites excluding steroid dienone is 4. The molecule has 1 heterocycles. The van der Waals surface area contributed by atoms with Gasteiger partial charge in [-0.15, -0.1) is 0 Å². The van der Waals surface area contributed by atoms with Crippen molar-refractivity contribution in [3.8, 4) is 0 Å². The molecule has 0 bridgehead atoms. The van der Waals surface area contributed by atoms with Crippen molar-refractivity contribution in [3.05, 3.63) is 125 Å². The molecular weight excluding hydrogens is 350 g/mol. The number of benzene rings is 3. The number of hydrogen-bond donors (Lipinski definition) is 0. The van der Waals surface area contributed by atoms with Gasteiger partial charge >= 0.3 is 0 Å². The summed E-state index contributed by atoms with van der Waals surface area (Å²) in [5, 5.41) is 0. The van der Waals surface area contributed by atoms with Crippen molar-refractivity contribution in [1.82, 2.24) is 0 Å². The standard InChI is InChI=1S/C28H25N/c1-22-18-19-24-11-6-8-15-27(24)21-29-20-26-14-7-5-10-23(26)16-9-17-28(22)25-12-3-2-4-13-25/h2-20,22H,21H2,1H3/b16-9-,19-18-,28-17?,29-20?. The summed E-state index contributed by atoms with van der Waals surface area (Å²) in [6.07, 6.45) is 13.1. The lowest BCUT2D eigenvalue weighted by molar-refractivity contribution is 0.969. The van der Waals surface area contributed by atoms with Crippen LogP contribution >= 0.6 is 0 Å². The van der Waals surface area contributed by atoms with Crippen LogP contribution in [0.5, 0.6) is 0 Å². The Morgan fingerprint density at radius 3 is 2.24 bits per heavy atom. The molecule has 0 saturated heterocycles. The Balaban J connectivity index is 1.83. The Kier molecular flexibility index (Phi) is 5.97. The molecule has 4 rings (SSSR count). The highest BCUT2D eigenvalue weighted by molar-refractivity contribution is 5.86. The monoisotopic (exact) mass is 375 g/mol.